The van der Waals surface area contributed by atoms with Gasteiger partial charge in [-0.2, -0.15) is 0 Å². The molecule has 2 N–H and O–H groups in total. The van der Waals surface area contributed by atoms with Gasteiger partial charge in [0.25, 0.3) is 0 Å². The first-order valence-electron chi connectivity index (χ1n) is 8.52. The van der Waals surface area contributed by atoms with Crippen molar-refractivity contribution in [3.8, 4) is 0 Å². The topological polar surface area (TPSA) is 32.3 Å². The summed E-state index contributed by atoms with van der Waals surface area (Å²) in [5.74, 6) is 1.11. The largest absolute Gasteiger partial charge is 0.387 e. The minimum atomic E-state index is -0.414. The molecule has 0 radical (unpaired) electrons. The van der Waals surface area contributed by atoms with Gasteiger partial charge in [0.15, 0.2) is 0 Å². The van der Waals surface area contributed by atoms with E-state index in [-0.39, 0.29) is 6.04 Å². The van der Waals surface area contributed by atoms with Gasteiger partial charge in [0, 0.05) is 6.04 Å². The van der Waals surface area contributed by atoms with E-state index in [2.05, 4.69) is 51.2 Å². The second-order valence-electron chi connectivity index (χ2n) is 7.23. The van der Waals surface area contributed by atoms with Crippen molar-refractivity contribution in [1.82, 2.24) is 5.32 Å². The molecule has 0 amide bonds. The number of aliphatic hydroxyl groups is 1. The van der Waals surface area contributed by atoms with E-state index in [1.807, 2.05) is 0 Å². The van der Waals surface area contributed by atoms with Crippen LogP contribution in [0.2, 0.25) is 0 Å². The molecule has 0 spiro atoms. The molecule has 1 aliphatic rings. The van der Waals surface area contributed by atoms with Crippen molar-refractivity contribution in [3.05, 3.63) is 34.9 Å². The van der Waals surface area contributed by atoms with Crippen LogP contribution in [0.5, 0.6) is 0 Å². The number of benzene rings is 1. The molecule has 0 aromatic heterocycles. The van der Waals surface area contributed by atoms with Crippen LogP contribution in [0.25, 0.3) is 0 Å². The lowest BCUT2D eigenvalue weighted by atomic mass is 9.91. The summed E-state index contributed by atoms with van der Waals surface area (Å²) in [6.07, 6.45) is 4.37. The monoisotopic (exact) mass is 289 g/mol. The third kappa shape index (κ3) is 4.31. The lowest BCUT2D eigenvalue weighted by Gasteiger charge is -2.28. The normalized spacial score (nSPS) is 17.3. The van der Waals surface area contributed by atoms with Crippen LogP contribution in [0.15, 0.2) is 18.2 Å². The molecule has 0 fully saturated rings. The molecule has 0 heterocycles. The molecular formula is C19H31NO. The zero-order valence-corrected chi connectivity index (χ0v) is 14.0. The number of aryl methyl sites for hydroxylation is 2. The van der Waals surface area contributed by atoms with Gasteiger partial charge in [-0.05, 0) is 60.8 Å². The highest BCUT2D eigenvalue weighted by molar-refractivity contribution is 5.36. The summed E-state index contributed by atoms with van der Waals surface area (Å²) < 4.78 is 0. The van der Waals surface area contributed by atoms with E-state index in [1.165, 1.54) is 30.4 Å². The van der Waals surface area contributed by atoms with Crippen LogP contribution < -0.4 is 5.32 Å². The van der Waals surface area contributed by atoms with Gasteiger partial charge in [0.2, 0.25) is 0 Å². The standard InChI is InChI=1S/C19H31NO/c1-13(2)10-11-20-18(14(3)4)19(21)17-9-8-15-6-5-7-16(15)12-17/h8-9,12-14,18-21H,5-7,10-11H2,1-4H3. The number of hydrogen-bond donors (Lipinski definition) is 2. The van der Waals surface area contributed by atoms with E-state index in [4.69, 9.17) is 0 Å². The van der Waals surface area contributed by atoms with E-state index in [0.29, 0.717) is 11.8 Å². The molecule has 2 unspecified atom stereocenters. The Morgan fingerprint density at radius 3 is 2.48 bits per heavy atom. The van der Waals surface area contributed by atoms with Crippen LogP contribution in [-0.4, -0.2) is 17.7 Å². The van der Waals surface area contributed by atoms with Gasteiger partial charge in [0.1, 0.15) is 0 Å². The van der Waals surface area contributed by atoms with Crippen molar-refractivity contribution < 1.29 is 5.11 Å². The minimum Gasteiger partial charge on any atom is -0.387 e. The summed E-state index contributed by atoms with van der Waals surface area (Å²) in [7, 11) is 0. The zero-order chi connectivity index (χ0) is 15.4. The highest BCUT2D eigenvalue weighted by Crippen LogP contribution is 2.28. The fourth-order valence-corrected chi connectivity index (χ4v) is 3.23. The predicted octanol–water partition coefficient (Wildman–Crippen LogP) is 3.87. The third-order valence-corrected chi connectivity index (χ3v) is 4.62. The maximum atomic E-state index is 10.8. The summed E-state index contributed by atoms with van der Waals surface area (Å²) >= 11 is 0. The average molecular weight is 289 g/mol. The second kappa shape index (κ2) is 7.42. The summed E-state index contributed by atoms with van der Waals surface area (Å²) in [5.41, 5.74) is 3.99. The molecule has 118 valence electrons. The van der Waals surface area contributed by atoms with Crippen LogP contribution in [-0.2, 0) is 12.8 Å². The van der Waals surface area contributed by atoms with Crippen molar-refractivity contribution in [2.75, 3.05) is 6.54 Å². The molecule has 21 heavy (non-hydrogen) atoms. The Kier molecular flexibility index (Phi) is 5.83. The van der Waals surface area contributed by atoms with Crippen LogP contribution in [0.1, 0.15) is 63.3 Å². The van der Waals surface area contributed by atoms with E-state index >= 15 is 0 Å². The highest BCUT2D eigenvalue weighted by atomic mass is 16.3. The zero-order valence-electron chi connectivity index (χ0n) is 14.0. The third-order valence-electron chi connectivity index (χ3n) is 4.62. The Morgan fingerprint density at radius 1 is 1.10 bits per heavy atom. The predicted molar refractivity (Wildman–Crippen MR) is 89.5 cm³/mol. The molecule has 1 aromatic carbocycles. The van der Waals surface area contributed by atoms with Crippen LogP contribution in [0, 0.1) is 11.8 Å². The van der Waals surface area contributed by atoms with E-state index in [9.17, 15) is 5.11 Å². The summed E-state index contributed by atoms with van der Waals surface area (Å²) in [6, 6.07) is 6.69. The number of nitrogens with one attached hydrogen (secondary N) is 1. The first kappa shape index (κ1) is 16.5. The summed E-state index contributed by atoms with van der Waals surface area (Å²) in [6.45, 7) is 9.82. The van der Waals surface area contributed by atoms with Gasteiger partial charge in [-0.3, -0.25) is 0 Å². The van der Waals surface area contributed by atoms with Gasteiger partial charge >= 0.3 is 0 Å². The molecule has 2 nitrogen and oxygen atoms in total. The van der Waals surface area contributed by atoms with Gasteiger partial charge in [-0.15, -0.1) is 0 Å². The molecular weight excluding hydrogens is 258 g/mol. The molecule has 2 rings (SSSR count). The SMILES string of the molecule is CC(C)CCNC(C(C)C)C(O)c1ccc2c(c1)CCC2. The van der Waals surface area contributed by atoms with Gasteiger partial charge < -0.3 is 10.4 Å². The minimum absolute atomic E-state index is 0.128. The lowest BCUT2D eigenvalue weighted by Crippen LogP contribution is -2.40. The fraction of sp³-hybridized carbons (Fsp3) is 0.684. The second-order valence-corrected chi connectivity index (χ2v) is 7.23. The summed E-state index contributed by atoms with van der Waals surface area (Å²) in [5, 5.41) is 14.4. The van der Waals surface area contributed by atoms with Crippen molar-refractivity contribution in [2.45, 2.75) is 65.5 Å². The van der Waals surface area contributed by atoms with Crippen LogP contribution in [0.4, 0.5) is 0 Å². The van der Waals surface area contributed by atoms with Crippen molar-refractivity contribution >= 4 is 0 Å². The Bertz CT molecular complexity index is 453. The first-order valence-corrected chi connectivity index (χ1v) is 8.52. The first-order chi connectivity index (χ1) is 9.99. The molecule has 2 atom stereocenters. The lowest BCUT2D eigenvalue weighted by molar-refractivity contribution is 0.104. The highest BCUT2D eigenvalue weighted by Gasteiger charge is 2.24. The van der Waals surface area contributed by atoms with Crippen LogP contribution in [0.3, 0.4) is 0 Å². The Balaban J connectivity index is 2.05. The number of fused-ring (bicyclic) bond motifs is 1. The smallest absolute Gasteiger partial charge is 0.0945 e. The maximum absolute atomic E-state index is 10.8. The number of hydrogen-bond acceptors (Lipinski definition) is 2. The molecule has 2 heteroatoms. The van der Waals surface area contributed by atoms with E-state index < -0.39 is 6.10 Å². The van der Waals surface area contributed by atoms with E-state index in [1.54, 1.807) is 0 Å². The molecule has 0 saturated carbocycles. The van der Waals surface area contributed by atoms with Crippen molar-refractivity contribution in [3.63, 3.8) is 0 Å². The van der Waals surface area contributed by atoms with Crippen LogP contribution >= 0.6 is 0 Å². The Labute approximate surface area is 130 Å². The molecule has 0 bridgehead atoms. The molecule has 1 aliphatic carbocycles. The quantitative estimate of drug-likeness (QED) is 0.798. The number of aliphatic hydroxyl groups excluding tert-OH is 1. The Hall–Kier alpha value is -0.860. The Morgan fingerprint density at radius 2 is 1.81 bits per heavy atom. The van der Waals surface area contributed by atoms with Crippen molar-refractivity contribution in [1.29, 1.82) is 0 Å². The van der Waals surface area contributed by atoms with Gasteiger partial charge in [-0.1, -0.05) is 45.9 Å². The van der Waals surface area contributed by atoms with E-state index in [0.717, 1.165) is 18.5 Å². The molecule has 1 aromatic rings. The van der Waals surface area contributed by atoms with Gasteiger partial charge in [-0.25, -0.2) is 0 Å². The maximum Gasteiger partial charge on any atom is 0.0945 e. The fourth-order valence-electron chi connectivity index (χ4n) is 3.23. The molecule has 0 saturated heterocycles. The number of rotatable bonds is 7. The average Bonchev–Trinajstić information content (AvgIpc) is 2.89. The van der Waals surface area contributed by atoms with Crippen molar-refractivity contribution in [2.24, 2.45) is 11.8 Å². The summed E-state index contributed by atoms with van der Waals surface area (Å²) in [4.78, 5) is 0. The van der Waals surface area contributed by atoms with Gasteiger partial charge in [0.05, 0.1) is 6.10 Å². The molecule has 0 aliphatic heterocycles.